The summed E-state index contributed by atoms with van der Waals surface area (Å²) in [4.78, 5) is 17.0. The molecule has 0 spiro atoms. The van der Waals surface area contributed by atoms with Gasteiger partial charge in [0.05, 0.1) is 5.69 Å². The highest BCUT2D eigenvalue weighted by molar-refractivity contribution is 9.10. The summed E-state index contributed by atoms with van der Waals surface area (Å²) in [5.41, 5.74) is 9.68. The van der Waals surface area contributed by atoms with Gasteiger partial charge in [0.15, 0.2) is 0 Å². The molecule has 3 N–H and O–H groups in total. The number of aromatic nitrogens is 1. The van der Waals surface area contributed by atoms with E-state index in [9.17, 15) is 4.79 Å². The second-order valence-electron chi connectivity index (χ2n) is 6.08. The number of nitrogens with two attached hydrogens (primary N) is 1. The predicted octanol–water partition coefficient (Wildman–Crippen LogP) is 4.28. The minimum absolute atomic E-state index is 0.132. The van der Waals surface area contributed by atoms with Gasteiger partial charge in [-0.2, -0.15) is 0 Å². The van der Waals surface area contributed by atoms with Gasteiger partial charge in [0.1, 0.15) is 5.76 Å². The third-order valence-corrected chi connectivity index (χ3v) is 4.84. The highest BCUT2D eigenvalue weighted by atomic mass is 79.9. The number of amides is 1. The molecule has 0 aliphatic carbocycles. The van der Waals surface area contributed by atoms with Crippen molar-refractivity contribution in [2.24, 2.45) is 0 Å². The highest BCUT2D eigenvalue weighted by Gasteiger charge is 2.14. The molecule has 0 atom stereocenters. The first-order valence-electron chi connectivity index (χ1n) is 8.31. The molecule has 0 saturated heterocycles. The Bertz CT molecular complexity index is 936. The molecule has 1 amide bonds. The van der Waals surface area contributed by atoms with E-state index >= 15 is 0 Å². The fourth-order valence-corrected chi connectivity index (χ4v) is 3.05. The number of rotatable bonds is 5. The van der Waals surface area contributed by atoms with Crippen LogP contribution in [0.1, 0.15) is 27.4 Å². The van der Waals surface area contributed by atoms with E-state index < -0.39 is 0 Å². The maximum Gasteiger partial charge on any atom is 0.251 e. The fourth-order valence-electron chi connectivity index (χ4n) is 2.70. The second kappa shape index (κ2) is 7.74. The molecular weight excluding hydrogens is 394 g/mol. The molecule has 0 aliphatic rings. The van der Waals surface area contributed by atoms with Crippen LogP contribution in [0, 0.1) is 13.8 Å². The lowest BCUT2D eigenvalue weighted by molar-refractivity contribution is 0.0953. The zero-order valence-corrected chi connectivity index (χ0v) is 16.3. The minimum Gasteiger partial charge on any atom is -0.441 e. The first-order chi connectivity index (χ1) is 12.5. The van der Waals surface area contributed by atoms with E-state index in [2.05, 4.69) is 26.2 Å². The molecule has 0 saturated carbocycles. The van der Waals surface area contributed by atoms with Crippen LogP contribution in [0.2, 0.25) is 0 Å². The highest BCUT2D eigenvalue weighted by Crippen LogP contribution is 2.24. The lowest BCUT2D eigenvalue weighted by atomic mass is 10.1. The van der Waals surface area contributed by atoms with Crippen molar-refractivity contribution in [2.75, 3.05) is 12.3 Å². The van der Waals surface area contributed by atoms with Crippen LogP contribution in [0.5, 0.6) is 0 Å². The third kappa shape index (κ3) is 3.96. The SMILES string of the molecule is Cc1cc(N)c(Br)cc1C(=O)NCCc1nc(-c2ccccc2)oc1C. The van der Waals surface area contributed by atoms with E-state index in [1.807, 2.05) is 44.2 Å². The Morgan fingerprint density at radius 3 is 2.69 bits per heavy atom. The average molecular weight is 414 g/mol. The molecule has 26 heavy (non-hydrogen) atoms. The fraction of sp³-hybridized carbons (Fsp3) is 0.200. The smallest absolute Gasteiger partial charge is 0.251 e. The van der Waals surface area contributed by atoms with E-state index in [1.54, 1.807) is 12.1 Å². The van der Waals surface area contributed by atoms with Crippen LogP contribution < -0.4 is 11.1 Å². The number of aryl methyl sites for hydroxylation is 2. The van der Waals surface area contributed by atoms with Crippen molar-refractivity contribution >= 4 is 27.5 Å². The van der Waals surface area contributed by atoms with E-state index in [-0.39, 0.29) is 5.91 Å². The number of carbonyl (C=O) groups is 1. The number of hydrogen-bond donors (Lipinski definition) is 2. The number of oxazole rings is 1. The number of carbonyl (C=O) groups excluding carboxylic acids is 1. The van der Waals surface area contributed by atoms with Crippen molar-refractivity contribution in [1.29, 1.82) is 0 Å². The maximum absolute atomic E-state index is 12.4. The standard InChI is InChI=1S/C20H20BrN3O2/c1-12-10-17(22)16(21)11-15(12)19(25)23-9-8-18-13(2)26-20(24-18)14-6-4-3-5-7-14/h3-7,10-11H,8-9,22H2,1-2H3,(H,23,25). The van der Waals surface area contributed by atoms with Crippen LogP contribution in [0.15, 0.2) is 51.4 Å². The van der Waals surface area contributed by atoms with Gasteiger partial charge in [0.25, 0.3) is 5.91 Å². The van der Waals surface area contributed by atoms with Gasteiger partial charge in [-0.05, 0) is 59.6 Å². The molecule has 6 heteroatoms. The monoisotopic (exact) mass is 413 g/mol. The summed E-state index contributed by atoms with van der Waals surface area (Å²) >= 11 is 3.36. The Labute approximate surface area is 160 Å². The van der Waals surface area contributed by atoms with Gasteiger partial charge in [-0.3, -0.25) is 4.79 Å². The van der Waals surface area contributed by atoms with Gasteiger partial charge >= 0.3 is 0 Å². The van der Waals surface area contributed by atoms with Crippen LogP contribution >= 0.6 is 15.9 Å². The summed E-state index contributed by atoms with van der Waals surface area (Å²) in [5.74, 6) is 1.24. The molecule has 134 valence electrons. The zero-order valence-electron chi connectivity index (χ0n) is 14.7. The summed E-state index contributed by atoms with van der Waals surface area (Å²) in [7, 11) is 0. The minimum atomic E-state index is -0.132. The van der Waals surface area contributed by atoms with Gasteiger partial charge < -0.3 is 15.5 Å². The van der Waals surface area contributed by atoms with E-state index in [1.165, 1.54) is 0 Å². The molecule has 0 bridgehead atoms. The molecule has 0 fully saturated rings. The number of hydrogen-bond acceptors (Lipinski definition) is 4. The molecule has 0 radical (unpaired) electrons. The molecule has 1 aromatic heterocycles. The summed E-state index contributed by atoms with van der Waals surface area (Å²) in [6, 6.07) is 13.3. The summed E-state index contributed by atoms with van der Waals surface area (Å²) in [5, 5.41) is 2.93. The molecule has 0 aliphatic heterocycles. The van der Waals surface area contributed by atoms with Gasteiger partial charge in [-0.1, -0.05) is 18.2 Å². The van der Waals surface area contributed by atoms with Crippen molar-refractivity contribution in [3.8, 4) is 11.5 Å². The predicted molar refractivity (Wildman–Crippen MR) is 106 cm³/mol. The largest absolute Gasteiger partial charge is 0.441 e. The quantitative estimate of drug-likeness (QED) is 0.611. The second-order valence-corrected chi connectivity index (χ2v) is 6.94. The van der Waals surface area contributed by atoms with E-state index in [0.717, 1.165) is 22.6 Å². The Balaban J connectivity index is 1.64. The van der Waals surface area contributed by atoms with Crippen LogP contribution in [0.25, 0.3) is 11.5 Å². The Morgan fingerprint density at radius 1 is 1.23 bits per heavy atom. The number of benzene rings is 2. The summed E-state index contributed by atoms with van der Waals surface area (Å²) in [6.45, 7) is 4.23. The normalized spacial score (nSPS) is 10.7. The summed E-state index contributed by atoms with van der Waals surface area (Å²) < 4.78 is 6.46. The Hall–Kier alpha value is -2.60. The molecule has 3 rings (SSSR count). The van der Waals surface area contributed by atoms with E-state index in [0.29, 0.717) is 34.6 Å². The third-order valence-electron chi connectivity index (χ3n) is 4.15. The van der Waals surface area contributed by atoms with Crippen LogP contribution in [-0.4, -0.2) is 17.4 Å². The lowest BCUT2D eigenvalue weighted by Crippen LogP contribution is -2.26. The van der Waals surface area contributed by atoms with Gasteiger partial charge in [-0.25, -0.2) is 4.98 Å². The number of halogens is 1. The molecule has 1 heterocycles. The first kappa shape index (κ1) is 18.2. The average Bonchev–Trinajstić information content (AvgIpc) is 3.00. The number of nitrogens with zero attached hydrogens (tertiary/aromatic N) is 1. The number of anilines is 1. The van der Waals surface area contributed by atoms with Crippen LogP contribution in [0.3, 0.4) is 0 Å². The van der Waals surface area contributed by atoms with Gasteiger partial charge in [0, 0.05) is 34.3 Å². The van der Waals surface area contributed by atoms with Crippen molar-refractivity contribution < 1.29 is 9.21 Å². The number of nitrogen functional groups attached to an aromatic ring is 1. The van der Waals surface area contributed by atoms with Crippen molar-refractivity contribution in [1.82, 2.24) is 10.3 Å². The Morgan fingerprint density at radius 2 is 1.96 bits per heavy atom. The van der Waals surface area contributed by atoms with Crippen molar-refractivity contribution in [3.63, 3.8) is 0 Å². The van der Waals surface area contributed by atoms with Crippen molar-refractivity contribution in [3.05, 3.63) is 69.5 Å². The topological polar surface area (TPSA) is 81.2 Å². The molecule has 5 nitrogen and oxygen atoms in total. The Kier molecular flexibility index (Phi) is 5.42. The molecule has 0 unspecified atom stereocenters. The molecular formula is C20H20BrN3O2. The zero-order chi connectivity index (χ0) is 18.7. The lowest BCUT2D eigenvalue weighted by Gasteiger charge is -2.09. The maximum atomic E-state index is 12.4. The van der Waals surface area contributed by atoms with Crippen LogP contribution in [-0.2, 0) is 6.42 Å². The first-order valence-corrected chi connectivity index (χ1v) is 9.10. The van der Waals surface area contributed by atoms with Gasteiger partial charge in [-0.15, -0.1) is 0 Å². The van der Waals surface area contributed by atoms with E-state index in [4.69, 9.17) is 10.2 Å². The van der Waals surface area contributed by atoms with Gasteiger partial charge in [0.2, 0.25) is 5.89 Å². The molecule has 2 aromatic carbocycles. The number of nitrogens with one attached hydrogen (secondary N) is 1. The van der Waals surface area contributed by atoms with Crippen molar-refractivity contribution in [2.45, 2.75) is 20.3 Å². The van der Waals surface area contributed by atoms with Crippen LogP contribution in [0.4, 0.5) is 5.69 Å². The summed E-state index contributed by atoms with van der Waals surface area (Å²) in [6.07, 6.45) is 0.600. The molecule has 3 aromatic rings.